The molecule has 0 saturated heterocycles. The van der Waals surface area contributed by atoms with E-state index in [0.717, 1.165) is 12.1 Å². The summed E-state index contributed by atoms with van der Waals surface area (Å²) in [5, 5.41) is 11.7. The second-order valence-electron chi connectivity index (χ2n) is 6.05. The lowest BCUT2D eigenvalue weighted by Gasteiger charge is -2.14. The molecule has 0 heterocycles. The molecule has 0 unspecified atom stereocenters. The molecule has 1 aromatic rings. The second-order valence-corrected chi connectivity index (χ2v) is 6.05. The van der Waals surface area contributed by atoms with Gasteiger partial charge in [0.05, 0.1) is 17.9 Å². The van der Waals surface area contributed by atoms with Crippen molar-refractivity contribution in [1.82, 2.24) is 5.32 Å². The van der Waals surface area contributed by atoms with Crippen molar-refractivity contribution in [2.45, 2.75) is 38.5 Å². The average molecular weight is 401 g/mol. The maximum Gasteiger partial charge on any atom is 0.416 e. The third kappa shape index (κ3) is 8.24. The van der Waals surface area contributed by atoms with E-state index in [0.29, 0.717) is 19.4 Å². The summed E-state index contributed by atoms with van der Waals surface area (Å²) in [6, 6.07) is 4.70. The Labute approximate surface area is 160 Å². The van der Waals surface area contributed by atoms with Crippen molar-refractivity contribution in [3.05, 3.63) is 48.0 Å². The number of carboxylic acids is 1. The Kier molecular flexibility index (Phi) is 9.20. The Morgan fingerprint density at radius 2 is 1.89 bits per heavy atom. The first-order valence-electron chi connectivity index (χ1n) is 8.59. The Balaban J connectivity index is 2.50. The number of rotatable bonds is 11. The topological polar surface area (TPSA) is 92.7 Å². The number of halogens is 3. The maximum atomic E-state index is 12.9. The smallest absolute Gasteiger partial charge is 0.416 e. The van der Waals surface area contributed by atoms with Gasteiger partial charge in [-0.25, -0.2) is 0 Å². The molecular weight excluding hydrogens is 379 g/mol. The van der Waals surface area contributed by atoms with Gasteiger partial charge in [0.25, 0.3) is 0 Å². The SMILES string of the molecule is C=CC(=O)NCCCC[C@H](CC(=O)OCc1ccccc1C(F)(F)F)C(=O)O. The van der Waals surface area contributed by atoms with E-state index >= 15 is 0 Å². The summed E-state index contributed by atoms with van der Waals surface area (Å²) in [5.74, 6) is -3.43. The molecule has 154 valence electrons. The van der Waals surface area contributed by atoms with Crippen LogP contribution in [0.15, 0.2) is 36.9 Å². The lowest BCUT2D eigenvalue weighted by Crippen LogP contribution is -2.23. The van der Waals surface area contributed by atoms with Crippen molar-refractivity contribution < 1.29 is 37.4 Å². The highest BCUT2D eigenvalue weighted by Gasteiger charge is 2.33. The molecule has 28 heavy (non-hydrogen) atoms. The molecule has 0 aliphatic heterocycles. The summed E-state index contributed by atoms with van der Waals surface area (Å²) in [6.07, 6.45) is -2.77. The molecule has 1 aromatic carbocycles. The van der Waals surface area contributed by atoms with Crippen molar-refractivity contribution in [3.63, 3.8) is 0 Å². The minimum absolute atomic E-state index is 0.174. The number of carboxylic acid groups (broad SMARTS) is 1. The Bertz CT molecular complexity index is 703. The number of alkyl halides is 3. The van der Waals surface area contributed by atoms with E-state index in [9.17, 15) is 32.7 Å². The quantitative estimate of drug-likeness (QED) is 0.337. The van der Waals surface area contributed by atoms with E-state index < -0.39 is 42.6 Å². The number of carbonyl (C=O) groups is 3. The van der Waals surface area contributed by atoms with Gasteiger partial charge >= 0.3 is 18.1 Å². The van der Waals surface area contributed by atoms with Crippen LogP contribution in [0.5, 0.6) is 0 Å². The minimum atomic E-state index is -4.58. The third-order valence-corrected chi connectivity index (χ3v) is 3.94. The number of ether oxygens (including phenoxy) is 1. The summed E-state index contributed by atoms with van der Waals surface area (Å²) in [5.41, 5.74) is -1.10. The van der Waals surface area contributed by atoms with Crippen LogP contribution in [0.1, 0.15) is 36.8 Å². The fourth-order valence-corrected chi connectivity index (χ4v) is 2.45. The average Bonchev–Trinajstić information content (AvgIpc) is 2.64. The van der Waals surface area contributed by atoms with Crippen LogP contribution < -0.4 is 5.32 Å². The number of hydrogen-bond donors (Lipinski definition) is 2. The lowest BCUT2D eigenvalue weighted by atomic mass is 9.98. The van der Waals surface area contributed by atoms with Gasteiger partial charge < -0.3 is 15.2 Å². The molecular formula is C19H22F3NO5. The van der Waals surface area contributed by atoms with E-state index in [4.69, 9.17) is 4.74 Å². The fourth-order valence-electron chi connectivity index (χ4n) is 2.45. The molecule has 0 aliphatic rings. The van der Waals surface area contributed by atoms with Crippen molar-refractivity contribution in [1.29, 1.82) is 0 Å². The van der Waals surface area contributed by atoms with Crippen molar-refractivity contribution in [2.24, 2.45) is 5.92 Å². The van der Waals surface area contributed by atoms with Gasteiger partial charge in [0.2, 0.25) is 5.91 Å². The number of hydrogen-bond acceptors (Lipinski definition) is 4. The highest BCUT2D eigenvalue weighted by Crippen LogP contribution is 2.32. The number of carbonyl (C=O) groups excluding carboxylic acids is 2. The normalized spacial score (nSPS) is 12.1. The zero-order valence-electron chi connectivity index (χ0n) is 15.1. The summed E-state index contributed by atoms with van der Waals surface area (Å²) >= 11 is 0. The number of aliphatic carboxylic acids is 1. The Morgan fingerprint density at radius 3 is 2.50 bits per heavy atom. The largest absolute Gasteiger partial charge is 0.481 e. The molecule has 0 fully saturated rings. The molecule has 0 aliphatic carbocycles. The second kappa shape index (κ2) is 11.1. The monoisotopic (exact) mass is 401 g/mol. The van der Waals surface area contributed by atoms with E-state index in [2.05, 4.69) is 11.9 Å². The van der Waals surface area contributed by atoms with Crippen LogP contribution in [0.4, 0.5) is 13.2 Å². The van der Waals surface area contributed by atoms with Crippen LogP contribution in [0.25, 0.3) is 0 Å². The number of unbranched alkanes of at least 4 members (excludes halogenated alkanes) is 1. The van der Waals surface area contributed by atoms with Crippen LogP contribution in [0.2, 0.25) is 0 Å². The van der Waals surface area contributed by atoms with Gasteiger partial charge in [-0.2, -0.15) is 13.2 Å². The van der Waals surface area contributed by atoms with Gasteiger partial charge in [0, 0.05) is 12.1 Å². The van der Waals surface area contributed by atoms with Crippen LogP contribution in [0.3, 0.4) is 0 Å². The van der Waals surface area contributed by atoms with Crippen LogP contribution in [-0.2, 0) is 31.9 Å². The van der Waals surface area contributed by atoms with Crippen LogP contribution >= 0.6 is 0 Å². The molecule has 1 rings (SSSR count). The number of nitrogens with one attached hydrogen (secondary N) is 1. The van der Waals surface area contributed by atoms with E-state index in [1.807, 2.05) is 0 Å². The predicted octanol–water partition coefficient (Wildman–Crippen LogP) is 3.31. The van der Waals surface area contributed by atoms with Crippen molar-refractivity contribution in [2.75, 3.05) is 6.54 Å². The van der Waals surface area contributed by atoms with Crippen molar-refractivity contribution >= 4 is 17.8 Å². The molecule has 6 nitrogen and oxygen atoms in total. The zero-order chi connectivity index (χ0) is 21.2. The van der Waals surface area contributed by atoms with Crippen LogP contribution in [-0.4, -0.2) is 29.5 Å². The Hall–Kier alpha value is -2.84. The van der Waals surface area contributed by atoms with Gasteiger partial charge in [-0.1, -0.05) is 31.2 Å². The molecule has 9 heteroatoms. The molecule has 2 N–H and O–H groups in total. The number of amides is 1. The molecule has 0 spiro atoms. The highest BCUT2D eigenvalue weighted by atomic mass is 19.4. The van der Waals surface area contributed by atoms with Gasteiger partial charge in [-0.05, 0) is 25.0 Å². The fraction of sp³-hybridized carbons (Fsp3) is 0.421. The molecule has 0 saturated carbocycles. The molecule has 1 amide bonds. The van der Waals surface area contributed by atoms with Crippen LogP contribution in [0, 0.1) is 5.92 Å². The summed E-state index contributed by atoms with van der Waals surface area (Å²) in [6.45, 7) is 3.05. The summed E-state index contributed by atoms with van der Waals surface area (Å²) < 4.78 is 43.6. The molecule has 0 bridgehead atoms. The first kappa shape index (κ1) is 23.2. The Morgan fingerprint density at radius 1 is 1.21 bits per heavy atom. The van der Waals surface area contributed by atoms with Crippen molar-refractivity contribution in [3.8, 4) is 0 Å². The first-order chi connectivity index (χ1) is 13.1. The first-order valence-corrected chi connectivity index (χ1v) is 8.59. The minimum Gasteiger partial charge on any atom is -0.481 e. The lowest BCUT2D eigenvalue weighted by molar-refractivity contribution is -0.153. The number of esters is 1. The van der Waals surface area contributed by atoms with E-state index in [1.54, 1.807) is 0 Å². The van der Waals surface area contributed by atoms with Gasteiger partial charge in [0.1, 0.15) is 6.61 Å². The summed E-state index contributed by atoms with van der Waals surface area (Å²) in [7, 11) is 0. The maximum absolute atomic E-state index is 12.9. The highest BCUT2D eigenvalue weighted by molar-refractivity contribution is 5.86. The zero-order valence-corrected chi connectivity index (χ0v) is 15.1. The number of benzene rings is 1. The van der Waals surface area contributed by atoms with Gasteiger partial charge in [-0.15, -0.1) is 0 Å². The predicted molar refractivity (Wildman–Crippen MR) is 94.0 cm³/mol. The third-order valence-electron chi connectivity index (χ3n) is 3.94. The van der Waals surface area contributed by atoms with E-state index in [1.165, 1.54) is 18.2 Å². The molecule has 1 atom stereocenters. The molecule has 0 radical (unpaired) electrons. The summed E-state index contributed by atoms with van der Waals surface area (Å²) in [4.78, 5) is 34.1. The van der Waals surface area contributed by atoms with Gasteiger partial charge in [0.15, 0.2) is 0 Å². The molecule has 0 aromatic heterocycles. The van der Waals surface area contributed by atoms with Gasteiger partial charge in [-0.3, -0.25) is 14.4 Å². The standard InChI is InChI=1S/C19H22F3NO5/c1-2-16(24)23-10-6-5-7-13(18(26)27)11-17(25)28-12-14-8-3-4-9-15(14)19(20,21)22/h2-4,8-9,13H,1,5-7,10-12H2,(H,23,24)(H,26,27)/t13-/m1/s1. The van der Waals surface area contributed by atoms with E-state index in [-0.39, 0.29) is 17.9 Å².